The van der Waals surface area contributed by atoms with Gasteiger partial charge in [-0.1, -0.05) is 12.1 Å². The van der Waals surface area contributed by atoms with Crippen molar-refractivity contribution in [3.63, 3.8) is 0 Å². The van der Waals surface area contributed by atoms with Crippen LogP contribution in [0.2, 0.25) is 0 Å². The van der Waals surface area contributed by atoms with Crippen LogP contribution in [0.4, 0.5) is 15.8 Å². The summed E-state index contributed by atoms with van der Waals surface area (Å²) in [5, 5.41) is 2.89. The van der Waals surface area contributed by atoms with Crippen molar-refractivity contribution < 1.29 is 18.7 Å². The standard InChI is InChI=1S/C20H19FN2O3/c1-12-20(25)23(11-13-2-6-15(21)7-3-13)17-10-16(8-9-18(17)26-12)22-19(24)14-4-5-14/h2-3,6-10,12,14H,4-5,11H2,1H3,(H,22,24). The van der Waals surface area contributed by atoms with Gasteiger partial charge in [0.15, 0.2) is 6.10 Å². The van der Waals surface area contributed by atoms with Gasteiger partial charge in [0, 0.05) is 11.6 Å². The molecule has 26 heavy (non-hydrogen) atoms. The van der Waals surface area contributed by atoms with Gasteiger partial charge in [-0.3, -0.25) is 9.59 Å². The number of carbonyl (C=O) groups is 2. The summed E-state index contributed by atoms with van der Waals surface area (Å²) in [7, 11) is 0. The minimum atomic E-state index is -0.602. The Labute approximate surface area is 150 Å². The van der Waals surface area contributed by atoms with E-state index < -0.39 is 6.10 Å². The fourth-order valence-corrected chi connectivity index (χ4v) is 3.01. The minimum absolute atomic E-state index is 0.00598. The fraction of sp³-hybridized carbons (Fsp3) is 0.300. The number of benzene rings is 2. The van der Waals surface area contributed by atoms with E-state index in [-0.39, 0.29) is 23.5 Å². The lowest BCUT2D eigenvalue weighted by molar-refractivity contribution is -0.125. The molecular formula is C20H19FN2O3. The second kappa shape index (κ2) is 6.44. The third-order valence-electron chi connectivity index (χ3n) is 4.64. The molecule has 1 aliphatic carbocycles. The molecular weight excluding hydrogens is 335 g/mol. The third-order valence-corrected chi connectivity index (χ3v) is 4.64. The van der Waals surface area contributed by atoms with Crippen molar-refractivity contribution in [1.82, 2.24) is 0 Å². The highest BCUT2D eigenvalue weighted by Gasteiger charge is 2.33. The molecule has 0 aromatic heterocycles. The van der Waals surface area contributed by atoms with Crippen molar-refractivity contribution in [2.24, 2.45) is 5.92 Å². The van der Waals surface area contributed by atoms with E-state index in [0.29, 0.717) is 23.7 Å². The van der Waals surface area contributed by atoms with Crippen LogP contribution in [0.3, 0.4) is 0 Å². The lowest BCUT2D eigenvalue weighted by Crippen LogP contribution is -2.44. The second-order valence-electron chi connectivity index (χ2n) is 6.76. The second-order valence-corrected chi connectivity index (χ2v) is 6.76. The number of hydrogen-bond acceptors (Lipinski definition) is 3. The number of nitrogens with one attached hydrogen (secondary N) is 1. The smallest absolute Gasteiger partial charge is 0.268 e. The monoisotopic (exact) mass is 354 g/mol. The first-order valence-electron chi connectivity index (χ1n) is 8.68. The molecule has 6 heteroatoms. The number of halogens is 1. The maximum absolute atomic E-state index is 13.1. The van der Waals surface area contributed by atoms with E-state index in [1.165, 1.54) is 12.1 Å². The molecule has 2 aromatic carbocycles. The highest BCUT2D eigenvalue weighted by Crippen LogP contribution is 2.38. The Bertz CT molecular complexity index is 862. The Morgan fingerprint density at radius 1 is 1.23 bits per heavy atom. The first kappa shape index (κ1) is 16.6. The summed E-state index contributed by atoms with van der Waals surface area (Å²) >= 11 is 0. The molecule has 1 N–H and O–H groups in total. The first-order valence-corrected chi connectivity index (χ1v) is 8.68. The van der Waals surface area contributed by atoms with Crippen LogP contribution in [-0.4, -0.2) is 17.9 Å². The predicted molar refractivity (Wildman–Crippen MR) is 95.5 cm³/mol. The van der Waals surface area contributed by atoms with Crippen LogP contribution < -0.4 is 15.0 Å². The maximum atomic E-state index is 13.1. The number of rotatable bonds is 4. The van der Waals surface area contributed by atoms with Gasteiger partial charge in [-0.25, -0.2) is 4.39 Å². The quantitative estimate of drug-likeness (QED) is 0.914. The van der Waals surface area contributed by atoms with Crippen molar-refractivity contribution in [2.45, 2.75) is 32.4 Å². The van der Waals surface area contributed by atoms with E-state index in [1.807, 2.05) is 0 Å². The molecule has 0 radical (unpaired) electrons. The highest BCUT2D eigenvalue weighted by molar-refractivity contribution is 6.01. The molecule has 0 bridgehead atoms. The van der Waals surface area contributed by atoms with Gasteiger partial charge in [-0.2, -0.15) is 0 Å². The summed E-state index contributed by atoms with van der Waals surface area (Å²) in [5.41, 5.74) is 2.05. The molecule has 4 rings (SSSR count). The van der Waals surface area contributed by atoms with Gasteiger partial charge in [-0.05, 0) is 55.7 Å². The van der Waals surface area contributed by atoms with Gasteiger partial charge >= 0.3 is 0 Å². The van der Waals surface area contributed by atoms with Crippen LogP contribution in [-0.2, 0) is 16.1 Å². The summed E-state index contributed by atoms with van der Waals surface area (Å²) in [6.45, 7) is 2.01. The number of amides is 2. The molecule has 0 spiro atoms. The van der Waals surface area contributed by atoms with E-state index >= 15 is 0 Å². The topological polar surface area (TPSA) is 58.6 Å². The van der Waals surface area contributed by atoms with Gasteiger partial charge in [0.25, 0.3) is 5.91 Å². The van der Waals surface area contributed by atoms with Gasteiger partial charge < -0.3 is 15.0 Å². The van der Waals surface area contributed by atoms with E-state index in [4.69, 9.17) is 4.74 Å². The van der Waals surface area contributed by atoms with Crippen molar-refractivity contribution in [2.75, 3.05) is 10.2 Å². The maximum Gasteiger partial charge on any atom is 0.268 e. The molecule has 134 valence electrons. The van der Waals surface area contributed by atoms with Crippen LogP contribution in [0.15, 0.2) is 42.5 Å². The zero-order valence-electron chi connectivity index (χ0n) is 14.4. The number of carbonyl (C=O) groups excluding carboxylic acids is 2. The lowest BCUT2D eigenvalue weighted by atomic mass is 10.1. The van der Waals surface area contributed by atoms with Crippen molar-refractivity contribution >= 4 is 23.2 Å². The molecule has 1 aliphatic heterocycles. The average Bonchev–Trinajstić information content (AvgIpc) is 3.46. The molecule has 1 fully saturated rings. The molecule has 1 atom stereocenters. The molecule has 5 nitrogen and oxygen atoms in total. The summed E-state index contributed by atoms with van der Waals surface area (Å²) in [6, 6.07) is 11.3. The Morgan fingerprint density at radius 3 is 2.65 bits per heavy atom. The van der Waals surface area contributed by atoms with E-state index in [0.717, 1.165) is 18.4 Å². The molecule has 2 amide bonds. The average molecular weight is 354 g/mol. The first-order chi connectivity index (χ1) is 12.5. The van der Waals surface area contributed by atoms with E-state index in [1.54, 1.807) is 42.2 Å². The summed E-state index contributed by atoms with van der Waals surface area (Å²) < 4.78 is 18.8. The number of ether oxygens (including phenoxy) is 1. The van der Waals surface area contributed by atoms with Gasteiger partial charge in [0.1, 0.15) is 11.6 Å². The van der Waals surface area contributed by atoms with Gasteiger partial charge in [-0.15, -0.1) is 0 Å². The van der Waals surface area contributed by atoms with E-state index in [2.05, 4.69) is 5.32 Å². The van der Waals surface area contributed by atoms with Crippen molar-refractivity contribution in [1.29, 1.82) is 0 Å². The predicted octanol–water partition coefficient (Wildman–Crippen LogP) is 3.49. The van der Waals surface area contributed by atoms with E-state index in [9.17, 15) is 14.0 Å². The summed E-state index contributed by atoms with van der Waals surface area (Å²) in [4.78, 5) is 26.3. The van der Waals surface area contributed by atoms with Crippen LogP contribution in [0.1, 0.15) is 25.3 Å². The van der Waals surface area contributed by atoms with Crippen molar-refractivity contribution in [3.8, 4) is 5.75 Å². The van der Waals surface area contributed by atoms with Crippen LogP contribution in [0.5, 0.6) is 5.75 Å². The lowest BCUT2D eigenvalue weighted by Gasteiger charge is -2.33. The normalized spacial score (nSPS) is 18.9. The zero-order valence-corrected chi connectivity index (χ0v) is 14.4. The van der Waals surface area contributed by atoms with Crippen LogP contribution >= 0.6 is 0 Å². The Balaban J connectivity index is 1.63. The number of hydrogen-bond donors (Lipinski definition) is 1. The number of fused-ring (bicyclic) bond motifs is 1. The third kappa shape index (κ3) is 3.27. The number of nitrogens with zero attached hydrogens (tertiary/aromatic N) is 1. The Hall–Kier alpha value is -2.89. The SMILES string of the molecule is CC1Oc2ccc(NC(=O)C3CC3)cc2N(Cc2ccc(F)cc2)C1=O. The molecule has 2 aliphatic rings. The number of anilines is 2. The summed E-state index contributed by atoms with van der Waals surface area (Å²) in [5.74, 6) is 0.197. The Kier molecular flexibility index (Phi) is 4.11. The van der Waals surface area contributed by atoms with Gasteiger partial charge in [0.05, 0.1) is 12.2 Å². The Morgan fingerprint density at radius 2 is 1.96 bits per heavy atom. The fourth-order valence-electron chi connectivity index (χ4n) is 3.01. The van der Waals surface area contributed by atoms with Crippen molar-refractivity contribution in [3.05, 3.63) is 53.8 Å². The minimum Gasteiger partial charge on any atom is -0.479 e. The largest absolute Gasteiger partial charge is 0.479 e. The van der Waals surface area contributed by atoms with Gasteiger partial charge in [0.2, 0.25) is 5.91 Å². The molecule has 1 unspecified atom stereocenters. The van der Waals surface area contributed by atoms with Crippen LogP contribution in [0.25, 0.3) is 0 Å². The zero-order chi connectivity index (χ0) is 18.3. The van der Waals surface area contributed by atoms with Crippen LogP contribution in [0, 0.1) is 11.7 Å². The molecule has 0 saturated heterocycles. The molecule has 2 aromatic rings. The summed E-state index contributed by atoms with van der Waals surface area (Å²) in [6.07, 6.45) is 1.24. The highest BCUT2D eigenvalue weighted by atomic mass is 19.1. The molecule has 1 saturated carbocycles. The molecule has 1 heterocycles.